The molecule has 0 aliphatic carbocycles. The SMILES string of the molecule is C[C@@H]1Cc2ccccc2N1C(=O)NCc1cccnc1Oc1cccc(F)c1. The van der Waals surface area contributed by atoms with Gasteiger partial charge in [0.1, 0.15) is 11.6 Å². The highest BCUT2D eigenvalue weighted by molar-refractivity contribution is 5.94. The number of hydrogen-bond acceptors (Lipinski definition) is 3. The molecule has 1 atom stereocenters. The Morgan fingerprint density at radius 3 is 2.93 bits per heavy atom. The third-order valence-electron chi connectivity index (χ3n) is 4.72. The molecule has 0 saturated heterocycles. The van der Waals surface area contributed by atoms with E-state index in [-0.39, 0.29) is 24.4 Å². The van der Waals surface area contributed by atoms with Crippen LogP contribution in [0.2, 0.25) is 0 Å². The van der Waals surface area contributed by atoms with Crippen LogP contribution in [0.3, 0.4) is 0 Å². The van der Waals surface area contributed by atoms with Crippen LogP contribution in [-0.2, 0) is 13.0 Å². The third-order valence-corrected chi connectivity index (χ3v) is 4.72. The molecular weight excluding hydrogens is 357 g/mol. The molecule has 4 rings (SSSR count). The van der Waals surface area contributed by atoms with Crippen LogP contribution in [0, 0.1) is 5.82 Å². The highest BCUT2D eigenvalue weighted by atomic mass is 19.1. The number of amides is 2. The van der Waals surface area contributed by atoms with Gasteiger partial charge >= 0.3 is 6.03 Å². The Bertz CT molecular complexity index is 1010. The number of ether oxygens (including phenoxy) is 1. The molecule has 0 spiro atoms. The van der Waals surface area contributed by atoms with Crippen molar-refractivity contribution in [3.05, 3.63) is 83.8 Å². The van der Waals surface area contributed by atoms with Crippen LogP contribution in [0.1, 0.15) is 18.1 Å². The van der Waals surface area contributed by atoms with Gasteiger partial charge in [0.05, 0.1) is 0 Å². The molecule has 0 fully saturated rings. The molecule has 5 nitrogen and oxygen atoms in total. The van der Waals surface area contributed by atoms with E-state index in [4.69, 9.17) is 4.74 Å². The lowest BCUT2D eigenvalue weighted by Crippen LogP contribution is -2.43. The van der Waals surface area contributed by atoms with Crippen molar-refractivity contribution in [2.45, 2.75) is 25.9 Å². The number of carbonyl (C=O) groups excluding carboxylic acids is 1. The number of nitrogens with one attached hydrogen (secondary N) is 1. The molecule has 2 heterocycles. The zero-order chi connectivity index (χ0) is 19.5. The Kier molecular flexibility index (Phi) is 4.93. The fraction of sp³-hybridized carbons (Fsp3) is 0.182. The van der Waals surface area contributed by atoms with Gasteiger partial charge in [-0.2, -0.15) is 0 Å². The number of aromatic nitrogens is 1. The number of nitrogens with zero attached hydrogens (tertiary/aromatic N) is 2. The van der Waals surface area contributed by atoms with Gasteiger partial charge in [-0.15, -0.1) is 0 Å². The van der Waals surface area contributed by atoms with Crippen LogP contribution in [0.25, 0.3) is 0 Å². The van der Waals surface area contributed by atoms with Crippen molar-refractivity contribution in [2.24, 2.45) is 0 Å². The number of fused-ring (bicyclic) bond motifs is 1. The van der Waals surface area contributed by atoms with E-state index in [1.165, 1.54) is 17.7 Å². The van der Waals surface area contributed by atoms with Crippen LogP contribution >= 0.6 is 0 Å². The van der Waals surface area contributed by atoms with Crippen LogP contribution in [-0.4, -0.2) is 17.1 Å². The smallest absolute Gasteiger partial charge is 0.322 e. The van der Waals surface area contributed by atoms with Crippen molar-refractivity contribution >= 4 is 11.7 Å². The zero-order valence-corrected chi connectivity index (χ0v) is 15.4. The van der Waals surface area contributed by atoms with Crippen LogP contribution in [0.5, 0.6) is 11.6 Å². The number of urea groups is 1. The van der Waals surface area contributed by atoms with E-state index >= 15 is 0 Å². The van der Waals surface area contributed by atoms with E-state index in [9.17, 15) is 9.18 Å². The highest BCUT2D eigenvalue weighted by Crippen LogP contribution is 2.32. The average Bonchev–Trinajstić information content (AvgIpc) is 3.03. The lowest BCUT2D eigenvalue weighted by atomic mass is 10.1. The van der Waals surface area contributed by atoms with E-state index in [1.807, 2.05) is 37.3 Å². The summed E-state index contributed by atoms with van der Waals surface area (Å²) in [6.07, 6.45) is 2.43. The van der Waals surface area contributed by atoms with Crippen LogP contribution < -0.4 is 15.0 Å². The van der Waals surface area contributed by atoms with E-state index < -0.39 is 0 Å². The zero-order valence-electron chi connectivity index (χ0n) is 15.4. The number of anilines is 1. The molecule has 0 unspecified atom stereocenters. The molecule has 1 aromatic heterocycles. The Morgan fingerprint density at radius 1 is 1.21 bits per heavy atom. The number of hydrogen-bond donors (Lipinski definition) is 1. The number of halogens is 1. The first-order valence-electron chi connectivity index (χ1n) is 9.14. The van der Waals surface area contributed by atoms with Crippen LogP contribution in [0.4, 0.5) is 14.9 Å². The minimum absolute atomic E-state index is 0.0920. The predicted molar refractivity (Wildman–Crippen MR) is 105 cm³/mol. The van der Waals surface area contributed by atoms with Crippen LogP contribution in [0.15, 0.2) is 66.9 Å². The molecule has 1 N–H and O–H groups in total. The van der Waals surface area contributed by atoms with Crippen molar-refractivity contribution in [1.82, 2.24) is 10.3 Å². The van der Waals surface area contributed by atoms with Gasteiger partial charge < -0.3 is 10.1 Å². The fourth-order valence-electron chi connectivity index (χ4n) is 3.42. The predicted octanol–water partition coefficient (Wildman–Crippen LogP) is 4.67. The van der Waals surface area contributed by atoms with Crippen molar-refractivity contribution in [3.63, 3.8) is 0 Å². The van der Waals surface area contributed by atoms with Gasteiger partial charge in [-0.05, 0) is 43.2 Å². The molecule has 0 bridgehead atoms. The van der Waals surface area contributed by atoms with Gasteiger partial charge in [-0.3, -0.25) is 4.90 Å². The molecule has 1 aliphatic heterocycles. The molecule has 0 saturated carbocycles. The lowest BCUT2D eigenvalue weighted by Gasteiger charge is -2.23. The first-order valence-corrected chi connectivity index (χ1v) is 9.14. The second-order valence-electron chi connectivity index (χ2n) is 6.74. The molecule has 2 aromatic carbocycles. The summed E-state index contributed by atoms with van der Waals surface area (Å²) in [4.78, 5) is 18.8. The summed E-state index contributed by atoms with van der Waals surface area (Å²) in [6, 6.07) is 17.3. The molecule has 142 valence electrons. The summed E-state index contributed by atoms with van der Waals surface area (Å²) >= 11 is 0. The summed E-state index contributed by atoms with van der Waals surface area (Å²) in [5.74, 6) is 0.307. The number of benzene rings is 2. The summed E-state index contributed by atoms with van der Waals surface area (Å²) in [7, 11) is 0. The summed E-state index contributed by atoms with van der Waals surface area (Å²) in [5, 5.41) is 2.94. The van der Waals surface area contributed by atoms with Gasteiger partial charge in [-0.25, -0.2) is 14.2 Å². The average molecular weight is 377 g/mol. The minimum atomic E-state index is -0.384. The molecule has 3 aromatic rings. The maximum atomic E-state index is 13.4. The van der Waals surface area contributed by atoms with Gasteiger partial charge in [0.15, 0.2) is 0 Å². The Labute approximate surface area is 162 Å². The van der Waals surface area contributed by atoms with Crippen molar-refractivity contribution in [2.75, 3.05) is 4.90 Å². The molecular formula is C22H20FN3O2. The van der Waals surface area contributed by atoms with Crippen molar-refractivity contribution in [3.8, 4) is 11.6 Å². The molecule has 1 aliphatic rings. The van der Waals surface area contributed by atoms with Crippen molar-refractivity contribution in [1.29, 1.82) is 0 Å². The molecule has 0 radical (unpaired) electrons. The second-order valence-corrected chi connectivity index (χ2v) is 6.74. The maximum absolute atomic E-state index is 13.4. The van der Waals surface area contributed by atoms with Crippen molar-refractivity contribution < 1.29 is 13.9 Å². The Morgan fingerprint density at radius 2 is 2.07 bits per heavy atom. The summed E-state index contributed by atoms with van der Waals surface area (Å²) in [5.41, 5.74) is 2.82. The van der Waals surface area contributed by atoms with E-state index in [0.717, 1.165) is 12.1 Å². The first kappa shape index (κ1) is 18.0. The Balaban J connectivity index is 1.48. The largest absolute Gasteiger partial charge is 0.439 e. The molecule has 6 heteroatoms. The normalized spacial score (nSPS) is 15.2. The van der Waals surface area contributed by atoms with Gasteiger partial charge in [0.25, 0.3) is 0 Å². The van der Waals surface area contributed by atoms with E-state index in [1.54, 1.807) is 29.3 Å². The lowest BCUT2D eigenvalue weighted by molar-refractivity contribution is 0.244. The molecule has 2 amide bonds. The second kappa shape index (κ2) is 7.68. The monoisotopic (exact) mass is 377 g/mol. The number of rotatable bonds is 4. The number of pyridine rings is 1. The number of carbonyl (C=O) groups is 1. The van der Waals surface area contributed by atoms with Gasteiger partial charge in [0, 0.05) is 36.1 Å². The maximum Gasteiger partial charge on any atom is 0.322 e. The highest BCUT2D eigenvalue weighted by Gasteiger charge is 2.30. The Hall–Kier alpha value is -3.41. The van der Waals surface area contributed by atoms with E-state index in [2.05, 4.69) is 10.3 Å². The molecule has 28 heavy (non-hydrogen) atoms. The first-order chi connectivity index (χ1) is 13.6. The van der Waals surface area contributed by atoms with Gasteiger partial charge in [0.2, 0.25) is 5.88 Å². The topological polar surface area (TPSA) is 54.5 Å². The quantitative estimate of drug-likeness (QED) is 0.719. The summed E-state index contributed by atoms with van der Waals surface area (Å²) in [6.45, 7) is 2.28. The third kappa shape index (κ3) is 3.67. The van der Waals surface area contributed by atoms with Gasteiger partial charge in [-0.1, -0.05) is 30.3 Å². The summed E-state index contributed by atoms with van der Waals surface area (Å²) < 4.78 is 19.1. The standard InChI is InChI=1S/C22H20FN3O2/c1-15-12-16-6-2-3-10-20(16)26(15)22(27)25-14-17-7-5-11-24-21(17)28-19-9-4-8-18(23)13-19/h2-11,13,15H,12,14H2,1H3,(H,25,27)/t15-/m1/s1. The number of para-hydroxylation sites is 1. The fourth-order valence-corrected chi connectivity index (χ4v) is 3.42. The van der Waals surface area contributed by atoms with E-state index in [0.29, 0.717) is 17.2 Å². The minimum Gasteiger partial charge on any atom is -0.439 e.